The molecule has 2 heterocycles. The van der Waals surface area contributed by atoms with Crippen molar-refractivity contribution in [2.75, 3.05) is 51.4 Å². The molecule has 10 nitrogen and oxygen atoms in total. The molecule has 0 aromatic heterocycles. The van der Waals surface area contributed by atoms with E-state index in [-0.39, 0.29) is 29.9 Å². The lowest BCUT2D eigenvalue weighted by Gasteiger charge is -2.28. The highest BCUT2D eigenvalue weighted by Crippen LogP contribution is 2.39. The van der Waals surface area contributed by atoms with Gasteiger partial charge in [-0.1, -0.05) is 17.7 Å². The van der Waals surface area contributed by atoms with Crippen LogP contribution in [-0.4, -0.2) is 78.8 Å². The normalized spacial score (nSPS) is 16.4. The summed E-state index contributed by atoms with van der Waals surface area (Å²) in [4.78, 5) is 53.4. The van der Waals surface area contributed by atoms with E-state index in [1.54, 1.807) is 23.1 Å². The van der Waals surface area contributed by atoms with Crippen LogP contribution in [0.1, 0.15) is 23.6 Å². The minimum absolute atomic E-state index is 0.190. The maximum absolute atomic E-state index is 13.0. The first-order chi connectivity index (χ1) is 19.2. The molecule has 0 aliphatic carbocycles. The van der Waals surface area contributed by atoms with Crippen molar-refractivity contribution >= 4 is 62.4 Å². The average Bonchev–Trinajstić information content (AvgIpc) is 3.17. The highest BCUT2D eigenvalue weighted by molar-refractivity contribution is 9.10. The fraction of sp³-hybridized carbons (Fsp3) is 0.357. The van der Waals surface area contributed by atoms with Gasteiger partial charge in [0.05, 0.1) is 29.2 Å². The number of hydrogen-bond acceptors (Lipinski definition) is 8. The third-order valence-corrected chi connectivity index (χ3v) is 7.66. The molecule has 1 N–H and O–H groups in total. The Kier molecular flexibility index (Phi) is 9.88. The number of imide groups is 1. The molecule has 0 unspecified atom stereocenters. The van der Waals surface area contributed by atoms with Crippen molar-refractivity contribution in [1.29, 1.82) is 0 Å². The van der Waals surface area contributed by atoms with Gasteiger partial charge in [-0.2, -0.15) is 0 Å². The molecule has 12 heteroatoms. The molecule has 0 bridgehead atoms. The van der Waals surface area contributed by atoms with Gasteiger partial charge in [-0.15, -0.1) is 0 Å². The minimum atomic E-state index is -0.533. The zero-order valence-electron chi connectivity index (χ0n) is 22.5. The lowest BCUT2D eigenvalue weighted by molar-refractivity contribution is -0.139. The number of nitrogens with zero attached hydrogens (tertiary/aromatic N) is 2. The van der Waals surface area contributed by atoms with Gasteiger partial charge in [0.2, 0.25) is 5.91 Å². The van der Waals surface area contributed by atoms with E-state index in [2.05, 4.69) is 21.2 Å². The number of benzene rings is 2. The van der Waals surface area contributed by atoms with Gasteiger partial charge in [-0.25, -0.2) is 0 Å². The second-order valence-electron chi connectivity index (χ2n) is 9.18. The molecule has 0 spiro atoms. The van der Waals surface area contributed by atoms with Crippen LogP contribution in [0.15, 0.2) is 39.7 Å². The second-order valence-corrected chi connectivity index (χ2v) is 11.0. The predicted octanol–water partition coefficient (Wildman–Crippen LogP) is 4.38. The van der Waals surface area contributed by atoms with E-state index < -0.39 is 11.1 Å². The zero-order chi connectivity index (χ0) is 28.8. The second kappa shape index (κ2) is 13.3. The van der Waals surface area contributed by atoms with Crippen LogP contribution in [0.2, 0.25) is 0 Å². The van der Waals surface area contributed by atoms with Gasteiger partial charge in [0.25, 0.3) is 17.1 Å². The number of rotatable bonds is 9. The summed E-state index contributed by atoms with van der Waals surface area (Å²) in [6.45, 7) is 7.22. The number of morpholine rings is 1. The van der Waals surface area contributed by atoms with Crippen molar-refractivity contribution in [3.05, 3.63) is 56.4 Å². The molecular weight excluding hydrogens is 602 g/mol. The summed E-state index contributed by atoms with van der Waals surface area (Å²) in [5.74, 6) is -0.459. The quantitative estimate of drug-likeness (QED) is 0.406. The molecule has 2 aliphatic rings. The van der Waals surface area contributed by atoms with Crippen LogP contribution in [0.4, 0.5) is 10.5 Å². The Morgan fingerprint density at radius 2 is 1.88 bits per heavy atom. The molecule has 2 fully saturated rings. The van der Waals surface area contributed by atoms with Crippen LogP contribution in [0.5, 0.6) is 11.5 Å². The third kappa shape index (κ3) is 7.23. The van der Waals surface area contributed by atoms with E-state index in [0.717, 1.165) is 27.8 Å². The van der Waals surface area contributed by atoms with Crippen LogP contribution in [0.25, 0.3) is 6.08 Å². The largest absolute Gasteiger partial charge is 0.490 e. The van der Waals surface area contributed by atoms with Crippen molar-refractivity contribution in [2.45, 2.75) is 20.8 Å². The molecule has 2 aromatic rings. The van der Waals surface area contributed by atoms with E-state index in [9.17, 15) is 19.2 Å². The van der Waals surface area contributed by atoms with Crippen LogP contribution in [-0.2, 0) is 19.1 Å². The van der Waals surface area contributed by atoms with Crippen LogP contribution >= 0.6 is 27.7 Å². The van der Waals surface area contributed by atoms with Crippen molar-refractivity contribution < 1.29 is 33.4 Å². The van der Waals surface area contributed by atoms with Gasteiger partial charge in [-0.3, -0.25) is 24.1 Å². The Morgan fingerprint density at radius 1 is 1.12 bits per heavy atom. The molecule has 212 valence electrons. The maximum Gasteiger partial charge on any atom is 0.294 e. The molecule has 2 saturated heterocycles. The maximum atomic E-state index is 13.0. The topological polar surface area (TPSA) is 114 Å². The number of nitrogens with one attached hydrogen (secondary N) is 1. The molecule has 2 aromatic carbocycles. The summed E-state index contributed by atoms with van der Waals surface area (Å²) < 4.78 is 17.3. The Hall–Kier alpha value is -3.35. The highest BCUT2D eigenvalue weighted by Gasteiger charge is 2.37. The van der Waals surface area contributed by atoms with Crippen LogP contribution in [0.3, 0.4) is 0 Å². The summed E-state index contributed by atoms with van der Waals surface area (Å²) >= 11 is 4.25. The van der Waals surface area contributed by atoms with Gasteiger partial charge in [0, 0.05) is 18.8 Å². The molecule has 0 saturated carbocycles. The molecule has 4 rings (SSSR count). The number of anilines is 1. The number of aryl methyl sites for hydroxylation is 2. The number of ether oxygens (including phenoxy) is 3. The minimum Gasteiger partial charge on any atom is -0.490 e. The SMILES string of the molecule is CCOc1cc(/C=C2\SC(=O)N(CC(=O)N3CCOCC3)C2=O)cc(Br)c1OCC(=O)Nc1ccc(C)cc1C. The summed E-state index contributed by atoms with van der Waals surface area (Å²) in [6, 6.07) is 9.11. The van der Waals surface area contributed by atoms with Gasteiger partial charge in [0.1, 0.15) is 6.54 Å². The van der Waals surface area contributed by atoms with E-state index in [1.165, 1.54) is 0 Å². The van der Waals surface area contributed by atoms with Gasteiger partial charge >= 0.3 is 0 Å². The van der Waals surface area contributed by atoms with Gasteiger partial charge < -0.3 is 24.4 Å². The number of carbonyl (C=O) groups is 4. The van der Waals surface area contributed by atoms with Crippen molar-refractivity contribution in [2.24, 2.45) is 0 Å². The standard InChI is InChI=1S/C28H30BrN3O7S/c1-4-38-22-13-19(12-20(29)26(22)39-16-24(33)30-21-6-5-17(2)11-18(21)3)14-23-27(35)32(28(36)40-23)15-25(34)31-7-9-37-10-8-31/h5-6,11-14H,4,7-10,15-16H2,1-3H3,(H,30,33)/b23-14-. The molecule has 2 aliphatic heterocycles. The van der Waals surface area contributed by atoms with Crippen LogP contribution in [0, 0.1) is 13.8 Å². The monoisotopic (exact) mass is 631 g/mol. The zero-order valence-corrected chi connectivity index (χ0v) is 24.9. The summed E-state index contributed by atoms with van der Waals surface area (Å²) in [5, 5.41) is 2.34. The lowest BCUT2D eigenvalue weighted by atomic mass is 10.1. The number of halogens is 1. The fourth-order valence-electron chi connectivity index (χ4n) is 4.19. The summed E-state index contributed by atoms with van der Waals surface area (Å²) in [7, 11) is 0. The smallest absolute Gasteiger partial charge is 0.294 e. The predicted molar refractivity (Wildman–Crippen MR) is 155 cm³/mol. The molecular formula is C28H30BrN3O7S. The van der Waals surface area contributed by atoms with E-state index in [1.807, 2.05) is 39.0 Å². The van der Waals surface area contributed by atoms with E-state index in [0.29, 0.717) is 60.1 Å². The van der Waals surface area contributed by atoms with Crippen molar-refractivity contribution in [1.82, 2.24) is 9.80 Å². The first kappa shape index (κ1) is 29.6. The van der Waals surface area contributed by atoms with Crippen molar-refractivity contribution in [3.8, 4) is 11.5 Å². The third-order valence-electron chi connectivity index (χ3n) is 6.16. The fourth-order valence-corrected chi connectivity index (χ4v) is 5.60. The molecule has 40 heavy (non-hydrogen) atoms. The first-order valence-electron chi connectivity index (χ1n) is 12.7. The molecule has 0 radical (unpaired) electrons. The number of amides is 4. The number of thioether (sulfide) groups is 1. The lowest BCUT2D eigenvalue weighted by Crippen LogP contribution is -2.46. The summed E-state index contributed by atoms with van der Waals surface area (Å²) in [6.07, 6.45) is 1.56. The highest BCUT2D eigenvalue weighted by atomic mass is 79.9. The Labute approximate surface area is 245 Å². The average molecular weight is 633 g/mol. The number of carbonyl (C=O) groups excluding carboxylic acids is 4. The Bertz CT molecular complexity index is 1360. The van der Waals surface area contributed by atoms with Gasteiger partial charge in [-0.05, 0) is 83.9 Å². The first-order valence-corrected chi connectivity index (χ1v) is 14.3. The van der Waals surface area contributed by atoms with Gasteiger partial charge in [0.15, 0.2) is 18.1 Å². The number of hydrogen-bond donors (Lipinski definition) is 1. The van der Waals surface area contributed by atoms with E-state index in [4.69, 9.17) is 14.2 Å². The van der Waals surface area contributed by atoms with E-state index >= 15 is 0 Å². The Balaban J connectivity index is 1.45. The summed E-state index contributed by atoms with van der Waals surface area (Å²) in [5.41, 5.74) is 3.33. The van der Waals surface area contributed by atoms with Crippen molar-refractivity contribution in [3.63, 3.8) is 0 Å². The molecule has 0 atom stereocenters. The van der Waals surface area contributed by atoms with Crippen LogP contribution < -0.4 is 14.8 Å². The Morgan fingerprint density at radius 3 is 2.58 bits per heavy atom. The molecule has 4 amide bonds.